The van der Waals surface area contributed by atoms with E-state index >= 15 is 0 Å². The standard InChI is InChI=1S/C22H19Cl2N3O4S/c1-27(14-21(28)25-17-7-3-2-4-8-17)22(29)15-6-5-9-18(12-15)26-32(30,31)20-13-16(23)10-11-19(20)24/h2-13,26H,14H2,1H3,(H,25,28). The summed E-state index contributed by atoms with van der Waals surface area (Å²) in [7, 11) is -2.56. The number of nitrogens with zero attached hydrogens (tertiary/aromatic N) is 1. The van der Waals surface area contributed by atoms with E-state index in [9.17, 15) is 18.0 Å². The zero-order valence-electron chi connectivity index (χ0n) is 16.9. The van der Waals surface area contributed by atoms with Crippen molar-refractivity contribution in [3.63, 3.8) is 0 Å². The van der Waals surface area contributed by atoms with Crippen LogP contribution in [-0.4, -0.2) is 38.7 Å². The van der Waals surface area contributed by atoms with Gasteiger partial charge in [-0.25, -0.2) is 8.42 Å². The Kier molecular flexibility index (Phi) is 7.40. The summed E-state index contributed by atoms with van der Waals surface area (Å²) >= 11 is 11.9. The van der Waals surface area contributed by atoms with Crippen LogP contribution in [0.5, 0.6) is 0 Å². The Morgan fingerprint density at radius 2 is 1.59 bits per heavy atom. The highest BCUT2D eigenvalue weighted by Gasteiger charge is 2.20. The Balaban J connectivity index is 1.71. The lowest BCUT2D eigenvalue weighted by atomic mass is 10.2. The highest BCUT2D eigenvalue weighted by molar-refractivity contribution is 7.92. The first kappa shape index (κ1) is 23.6. The number of anilines is 2. The summed E-state index contributed by atoms with van der Waals surface area (Å²) in [6.45, 7) is -0.179. The third-order valence-corrected chi connectivity index (χ3v) is 6.43. The fourth-order valence-electron chi connectivity index (χ4n) is 2.84. The Bertz CT molecular complexity index is 1250. The van der Waals surface area contributed by atoms with Gasteiger partial charge in [0.15, 0.2) is 0 Å². The maximum Gasteiger partial charge on any atom is 0.263 e. The smallest absolute Gasteiger partial charge is 0.263 e. The molecular formula is C22H19Cl2N3O4S. The van der Waals surface area contributed by atoms with E-state index in [1.54, 1.807) is 24.3 Å². The van der Waals surface area contributed by atoms with Gasteiger partial charge in [0.2, 0.25) is 5.91 Å². The van der Waals surface area contributed by atoms with E-state index in [0.29, 0.717) is 5.69 Å². The molecule has 3 rings (SSSR count). The number of hydrogen-bond acceptors (Lipinski definition) is 4. The van der Waals surface area contributed by atoms with Gasteiger partial charge >= 0.3 is 0 Å². The molecule has 0 heterocycles. The van der Waals surface area contributed by atoms with Gasteiger partial charge in [0.05, 0.1) is 11.6 Å². The van der Waals surface area contributed by atoms with E-state index in [1.165, 1.54) is 54.4 Å². The number of amides is 2. The fraction of sp³-hybridized carbons (Fsp3) is 0.0909. The van der Waals surface area contributed by atoms with Crippen molar-refractivity contribution in [1.82, 2.24) is 4.90 Å². The first-order valence-electron chi connectivity index (χ1n) is 9.34. The molecule has 0 aliphatic rings. The second kappa shape index (κ2) is 10.0. The minimum atomic E-state index is -4.04. The molecule has 0 fully saturated rings. The Hall–Kier alpha value is -3.07. The zero-order chi connectivity index (χ0) is 23.3. The van der Waals surface area contributed by atoms with Crippen LogP contribution in [-0.2, 0) is 14.8 Å². The van der Waals surface area contributed by atoms with Gasteiger partial charge in [0, 0.05) is 29.0 Å². The summed E-state index contributed by atoms with van der Waals surface area (Å²) in [5.74, 6) is -0.811. The van der Waals surface area contributed by atoms with Crippen molar-refractivity contribution in [1.29, 1.82) is 0 Å². The fourth-order valence-corrected chi connectivity index (χ4v) is 4.65. The maximum atomic E-state index is 12.7. The van der Waals surface area contributed by atoms with Gasteiger partial charge in [0.1, 0.15) is 4.90 Å². The molecule has 0 unspecified atom stereocenters. The van der Waals surface area contributed by atoms with Crippen LogP contribution in [0.2, 0.25) is 10.0 Å². The largest absolute Gasteiger partial charge is 0.332 e. The van der Waals surface area contributed by atoms with Crippen molar-refractivity contribution >= 4 is 56.4 Å². The van der Waals surface area contributed by atoms with Crippen molar-refractivity contribution in [2.45, 2.75) is 4.90 Å². The molecule has 3 aromatic carbocycles. The molecule has 166 valence electrons. The average Bonchev–Trinajstić information content (AvgIpc) is 2.75. The normalized spacial score (nSPS) is 11.0. The summed E-state index contributed by atoms with van der Waals surface area (Å²) in [6.07, 6.45) is 0. The minimum Gasteiger partial charge on any atom is -0.332 e. The lowest BCUT2D eigenvalue weighted by molar-refractivity contribution is -0.116. The molecule has 2 N–H and O–H groups in total. The molecule has 0 atom stereocenters. The second-order valence-corrected chi connectivity index (χ2v) is 9.33. The van der Waals surface area contributed by atoms with E-state index in [0.717, 1.165) is 0 Å². The van der Waals surface area contributed by atoms with E-state index in [-0.39, 0.29) is 38.6 Å². The molecule has 7 nitrogen and oxygen atoms in total. The molecule has 0 aromatic heterocycles. The molecule has 0 radical (unpaired) electrons. The van der Waals surface area contributed by atoms with Crippen LogP contribution in [0, 0.1) is 0 Å². The SMILES string of the molecule is CN(CC(=O)Nc1ccccc1)C(=O)c1cccc(NS(=O)(=O)c2cc(Cl)ccc2Cl)c1. The molecule has 0 saturated heterocycles. The predicted octanol–water partition coefficient (Wildman–Crippen LogP) is 4.50. The summed E-state index contributed by atoms with van der Waals surface area (Å²) in [6, 6.07) is 18.9. The van der Waals surface area contributed by atoms with Crippen LogP contribution >= 0.6 is 23.2 Å². The van der Waals surface area contributed by atoms with Gasteiger partial charge in [-0.1, -0.05) is 47.5 Å². The molecular weight excluding hydrogens is 473 g/mol. The molecule has 0 aliphatic heterocycles. The van der Waals surface area contributed by atoms with Gasteiger partial charge in [-0.15, -0.1) is 0 Å². The summed E-state index contributed by atoms with van der Waals surface area (Å²) in [4.78, 5) is 26.0. The lowest BCUT2D eigenvalue weighted by Crippen LogP contribution is -2.35. The Morgan fingerprint density at radius 3 is 2.31 bits per heavy atom. The van der Waals surface area contributed by atoms with Crippen molar-refractivity contribution in [2.75, 3.05) is 23.6 Å². The topological polar surface area (TPSA) is 95.6 Å². The van der Waals surface area contributed by atoms with Crippen molar-refractivity contribution in [2.24, 2.45) is 0 Å². The van der Waals surface area contributed by atoms with Gasteiger partial charge in [0.25, 0.3) is 15.9 Å². The van der Waals surface area contributed by atoms with E-state index < -0.39 is 15.9 Å². The Morgan fingerprint density at radius 1 is 0.906 bits per heavy atom. The summed E-state index contributed by atoms with van der Waals surface area (Å²) in [5.41, 5.74) is 0.987. The average molecular weight is 492 g/mol. The number of rotatable bonds is 7. The molecule has 32 heavy (non-hydrogen) atoms. The molecule has 0 saturated carbocycles. The third-order valence-electron chi connectivity index (χ3n) is 4.33. The van der Waals surface area contributed by atoms with Crippen LogP contribution in [0.25, 0.3) is 0 Å². The maximum absolute atomic E-state index is 12.7. The minimum absolute atomic E-state index is 0.0123. The number of sulfonamides is 1. The lowest BCUT2D eigenvalue weighted by Gasteiger charge is -2.17. The van der Waals surface area contributed by atoms with Crippen molar-refractivity contribution in [3.05, 3.63) is 88.4 Å². The number of benzene rings is 3. The van der Waals surface area contributed by atoms with Gasteiger partial charge in [-0.2, -0.15) is 0 Å². The number of halogens is 2. The molecule has 0 bridgehead atoms. The number of carbonyl (C=O) groups excluding carboxylic acids is 2. The van der Waals surface area contributed by atoms with Crippen LogP contribution < -0.4 is 10.0 Å². The van der Waals surface area contributed by atoms with E-state index in [4.69, 9.17) is 23.2 Å². The van der Waals surface area contributed by atoms with Crippen LogP contribution in [0.3, 0.4) is 0 Å². The highest BCUT2D eigenvalue weighted by atomic mass is 35.5. The van der Waals surface area contributed by atoms with E-state index in [2.05, 4.69) is 10.0 Å². The van der Waals surface area contributed by atoms with Crippen LogP contribution in [0.15, 0.2) is 77.7 Å². The molecule has 10 heteroatoms. The van der Waals surface area contributed by atoms with Crippen LogP contribution in [0.4, 0.5) is 11.4 Å². The quantitative estimate of drug-likeness (QED) is 0.508. The molecule has 2 amide bonds. The molecule has 0 spiro atoms. The second-order valence-electron chi connectivity index (χ2n) is 6.84. The van der Waals surface area contributed by atoms with Crippen LogP contribution in [0.1, 0.15) is 10.4 Å². The van der Waals surface area contributed by atoms with Crippen molar-refractivity contribution < 1.29 is 18.0 Å². The number of para-hydroxylation sites is 1. The summed E-state index contributed by atoms with van der Waals surface area (Å²) in [5, 5.41) is 2.93. The first-order chi connectivity index (χ1) is 15.2. The highest BCUT2D eigenvalue weighted by Crippen LogP contribution is 2.27. The third kappa shape index (κ3) is 6.00. The number of hydrogen-bond donors (Lipinski definition) is 2. The first-order valence-corrected chi connectivity index (χ1v) is 11.6. The predicted molar refractivity (Wildman–Crippen MR) is 126 cm³/mol. The number of carbonyl (C=O) groups is 2. The number of likely N-dealkylation sites (N-methyl/N-ethyl adjacent to an activating group) is 1. The summed E-state index contributed by atoms with van der Waals surface area (Å²) < 4.78 is 27.8. The number of nitrogens with one attached hydrogen (secondary N) is 2. The van der Waals surface area contributed by atoms with Gasteiger partial charge < -0.3 is 10.2 Å². The molecule has 3 aromatic rings. The zero-order valence-corrected chi connectivity index (χ0v) is 19.2. The monoisotopic (exact) mass is 491 g/mol. The van der Waals surface area contributed by atoms with Gasteiger partial charge in [-0.3, -0.25) is 14.3 Å². The van der Waals surface area contributed by atoms with E-state index in [1.807, 2.05) is 6.07 Å². The van der Waals surface area contributed by atoms with Crippen molar-refractivity contribution in [3.8, 4) is 0 Å². The molecule has 0 aliphatic carbocycles. The Labute approximate surface area is 196 Å². The van der Waals surface area contributed by atoms with Gasteiger partial charge in [-0.05, 0) is 48.5 Å².